The van der Waals surface area contributed by atoms with Crippen molar-refractivity contribution in [1.82, 2.24) is 42.5 Å². The van der Waals surface area contributed by atoms with Crippen molar-refractivity contribution in [3.63, 3.8) is 0 Å². The van der Waals surface area contributed by atoms with Crippen LogP contribution in [0.3, 0.4) is 0 Å². The van der Waals surface area contributed by atoms with E-state index in [1.165, 1.54) is 13.8 Å². The minimum atomic E-state index is -1.63. The van der Waals surface area contributed by atoms with E-state index in [4.69, 9.17) is 28.7 Å². The predicted octanol–water partition coefficient (Wildman–Crippen LogP) is -1.97. The van der Waals surface area contributed by atoms with Crippen LogP contribution >= 0.6 is 0 Å². The summed E-state index contributed by atoms with van der Waals surface area (Å²) in [6.07, 6.45) is -1.32. The van der Waals surface area contributed by atoms with Gasteiger partial charge in [-0.2, -0.15) is 0 Å². The minimum absolute atomic E-state index is 0.0489. The third kappa shape index (κ3) is 27.3. The summed E-state index contributed by atoms with van der Waals surface area (Å²) >= 11 is 0. The first kappa shape index (κ1) is 74.8. The molecule has 0 saturated carbocycles. The Morgan fingerprint density at radius 3 is 1.79 bits per heavy atom. The average Bonchev–Trinajstić information content (AvgIpc) is 3.67. The summed E-state index contributed by atoms with van der Waals surface area (Å²) in [4.78, 5) is 155. The number of carbonyl (C=O) groups excluding carboxylic acids is 11. The van der Waals surface area contributed by atoms with Gasteiger partial charge in [0.1, 0.15) is 36.0 Å². The maximum Gasteiger partial charge on any atom is 0.245 e. The highest BCUT2D eigenvalue weighted by atomic mass is 16.3. The third-order valence-corrected chi connectivity index (χ3v) is 15.2. The first-order valence-corrected chi connectivity index (χ1v) is 30.2. The number of benzene rings is 1. The van der Waals surface area contributed by atoms with Crippen molar-refractivity contribution in [2.24, 2.45) is 58.3 Å². The fourth-order valence-corrected chi connectivity index (χ4v) is 9.90. The zero-order valence-corrected chi connectivity index (χ0v) is 50.8. The predicted molar refractivity (Wildman–Crippen MR) is 320 cm³/mol. The van der Waals surface area contributed by atoms with E-state index in [2.05, 4.69) is 56.4 Å². The van der Waals surface area contributed by atoms with E-state index >= 15 is 0 Å². The molecular weight excluding hydrogens is 1100 g/mol. The van der Waals surface area contributed by atoms with E-state index in [1.54, 1.807) is 44.2 Å². The lowest BCUT2D eigenvalue weighted by atomic mass is 9.92. The summed E-state index contributed by atoms with van der Waals surface area (Å²) in [5, 5.41) is 42.6. The largest absolute Gasteiger partial charge is 0.391 e. The third-order valence-electron chi connectivity index (χ3n) is 15.2. The topological polar surface area (TPSA) is 455 Å². The summed E-state index contributed by atoms with van der Waals surface area (Å²) in [5.41, 5.74) is 30.1. The van der Waals surface area contributed by atoms with Crippen LogP contribution in [0, 0.1) is 29.6 Å². The van der Waals surface area contributed by atoms with E-state index in [0.29, 0.717) is 17.9 Å². The molecule has 8 amide bonds. The van der Waals surface area contributed by atoms with E-state index in [9.17, 15) is 63.0 Å². The molecule has 1 aliphatic heterocycles. The number of nitrogens with two attached hydrogens (primary N) is 5. The Bertz CT molecular complexity index is 2310. The molecule has 1 saturated heterocycles. The van der Waals surface area contributed by atoms with Gasteiger partial charge >= 0.3 is 0 Å². The highest BCUT2D eigenvalue weighted by Gasteiger charge is 2.38. The number of amides is 8. The Morgan fingerprint density at radius 1 is 0.624 bits per heavy atom. The van der Waals surface area contributed by atoms with E-state index in [1.807, 2.05) is 0 Å². The molecular formula is C59H101N13O13. The van der Waals surface area contributed by atoms with Crippen LogP contribution < -0.4 is 71.2 Å². The van der Waals surface area contributed by atoms with Crippen LogP contribution in [0.2, 0.25) is 0 Å². The second-order valence-electron chi connectivity index (χ2n) is 23.0. The second-order valence-corrected chi connectivity index (χ2v) is 23.0. The van der Waals surface area contributed by atoms with Crippen LogP contribution in [0.1, 0.15) is 143 Å². The minimum Gasteiger partial charge on any atom is -0.391 e. The number of unbranched alkanes of at least 4 members (excludes halogenated alkanes) is 1. The van der Waals surface area contributed by atoms with Crippen molar-refractivity contribution in [3.05, 3.63) is 35.9 Å². The molecule has 0 spiro atoms. The average molecular weight is 1200 g/mol. The maximum atomic E-state index is 14.6. The number of nitrogens with one attached hydrogen (secondary N) is 8. The summed E-state index contributed by atoms with van der Waals surface area (Å²) in [5.74, 6) is -11.5. The fraction of sp³-hybridized carbons (Fsp3) is 0.712. The van der Waals surface area contributed by atoms with Crippen molar-refractivity contribution >= 4 is 64.6 Å². The SMILES string of the molecule is CCC(C)CCCCC(=O)C[C@@H](CCN)C(=O)N[C@H](C(=O)N[C@@H](CCN)C(=O)C[C@H]1CCNC(=O)[C@H](C(C)O)NC(=O)[C@H](CCN)CC(=O)[C@H](CCN)NC(=O)[C@H](CC(C)C)NC(=O)[C@@H](Cc2ccccc2)NC(=O)[C@H](CCN)NC1=O)C(C)O. The maximum absolute atomic E-state index is 14.6. The molecule has 26 heteroatoms. The highest BCUT2D eigenvalue weighted by molar-refractivity contribution is 5.99. The van der Waals surface area contributed by atoms with Gasteiger partial charge in [-0.1, -0.05) is 77.3 Å². The molecule has 13 atom stereocenters. The number of hydrogen-bond donors (Lipinski definition) is 15. The Balaban J connectivity index is 2.67. The Labute approximate surface area is 500 Å². The van der Waals surface area contributed by atoms with Gasteiger partial charge in [-0.25, -0.2) is 0 Å². The zero-order chi connectivity index (χ0) is 63.8. The molecule has 1 heterocycles. The molecule has 2 rings (SSSR count). The van der Waals surface area contributed by atoms with Gasteiger partial charge in [-0.05, 0) is 115 Å². The molecule has 26 nitrogen and oxygen atoms in total. The van der Waals surface area contributed by atoms with E-state index in [0.717, 1.165) is 19.3 Å². The first-order chi connectivity index (χ1) is 40.3. The summed E-state index contributed by atoms with van der Waals surface area (Å²) < 4.78 is 0. The molecule has 85 heavy (non-hydrogen) atoms. The molecule has 1 aromatic rings. The van der Waals surface area contributed by atoms with Crippen LogP contribution in [0.4, 0.5) is 0 Å². The molecule has 0 radical (unpaired) electrons. The second kappa shape index (κ2) is 40.2. The van der Waals surface area contributed by atoms with E-state index in [-0.39, 0.29) is 115 Å². The number of hydrogen-bond acceptors (Lipinski definition) is 18. The number of carbonyl (C=O) groups is 11. The summed E-state index contributed by atoms with van der Waals surface area (Å²) in [6, 6.07) is -1.36. The molecule has 0 aromatic heterocycles. The lowest BCUT2D eigenvalue weighted by Crippen LogP contribution is -2.59. The van der Waals surface area contributed by atoms with Crippen LogP contribution in [-0.2, 0) is 59.2 Å². The van der Waals surface area contributed by atoms with Crippen molar-refractivity contribution in [3.8, 4) is 0 Å². The van der Waals surface area contributed by atoms with Gasteiger partial charge in [-0.3, -0.25) is 52.7 Å². The smallest absolute Gasteiger partial charge is 0.245 e. The monoisotopic (exact) mass is 1200 g/mol. The van der Waals surface area contributed by atoms with Gasteiger partial charge in [0.2, 0.25) is 47.3 Å². The van der Waals surface area contributed by atoms with Gasteiger partial charge in [0.15, 0.2) is 11.6 Å². The molecule has 20 N–H and O–H groups in total. The number of rotatable bonds is 31. The molecule has 1 aliphatic rings. The number of aliphatic hydroxyl groups excluding tert-OH is 2. The van der Waals surface area contributed by atoms with Gasteiger partial charge in [-0.15, -0.1) is 0 Å². The van der Waals surface area contributed by atoms with Gasteiger partial charge in [0, 0.05) is 56.4 Å². The van der Waals surface area contributed by atoms with Crippen LogP contribution in [0.25, 0.3) is 0 Å². The Hall–Kier alpha value is -6.29. The Kier molecular flexibility index (Phi) is 35.3. The summed E-state index contributed by atoms with van der Waals surface area (Å²) in [7, 11) is 0. The van der Waals surface area contributed by atoms with Gasteiger partial charge in [0.25, 0.3) is 0 Å². The van der Waals surface area contributed by atoms with E-state index < -0.39 is 144 Å². The Morgan fingerprint density at radius 2 is 1.20 bits per heavy atom. The molecule has 1 aromatic carbocycles. The van der Waals surface area contributed by atoms with Crippen LogP contribution in [-0.4, -0.2) is 169 Å². The zero-order valence-electron chi connectivity index (χ0n) is 50.8. The summed E-state index contributed by atoms with van der Waals surface area (Å²) in [6.45, 7) is 9.51. The molecule has 480 valence electrons. The normalized spacial score (nSPS) is 23.1. The number of Topliss-reactive ketones (excluding diaryl/α,β-unsaturated/α-hetero) is 3. The van der Waals surface area contributed by atoms with Gasteiger partial charge in [0.05, 0.1) is 24.3 Å². The fourth-order valence-electron chi connectivity index (χ4n) is 9.90. The van der Waals surface area contributed by atoms with Crippen LogP contribution in [0.15, 0.2) is 30.3 Å². The number of aliphatic hydroxyl groups is 2. The number of ketones is 3. The quantitative estimate of drug-likeness (QED) is 0.0359. The van der Waals surface area contributed by atoms with Crippen molar-refractivity contribution in [2.75, 3.05) is 39.3 Å². The molecule has 3 unspecified atom stereocenters. The van der Waals surface area contributed by atoms with Gasteiger partial charge < -0.3 is 81.4 Å². The molecule has 0 bridgehead atoms. The van der Waals surface area contributed by atoms with Crippen molar-refractivity contribution < 1.29 is 63.0 Å². The lowest BCUT2D eigenvalue weighted by molar-refractivity contribution is -0.137. The van der Waals surface area contributed by atoms with Crippen molar-refractivity contribution in [1.29, 1.82) is 0 Å². The van der Waals surface area contributed by atoms with Crippen molar-refractivity contribution in [2.45, 2.75) is 199 Å². The molecule has 0 aliphatic carbocycles. The highest BCUT2D eigenvalue weighted by Crippen LogP contribution is 2.19. The lowest BCUT2D eigenvalue weighted by Gasteiger charge is -2.28. The standard InChI is InChI=1S/C59H101N13O13/c1-7-35(4)13-11-12-16-42(75)31-39(17-23-60)53(79)72-51(37(6)74)59(85)67-44(20-26-63)49(77)33-41-22-28-65-58(84)50(36(5)73)71-54(80)40(18-24-61)32-48(76)43(19-25-62)66-56(82)46(29-34(2)3)69-57(83)47(30-38-14-9-8-10-15-38)70-55(81)45(21-27-64)68-52(41)78/h8-10,14-15,34-37,39-41,43-47,50-51,73-74H,7,11-13,16-33,60-64H2,1-6H3,(H,65,84)(H,66,82)(H,67,85)(H,68,78)(H,69,83)(H,70,81)(H,71,80)(H,72,79)/t35?,36?,37?,39-,40-,41-,43+,44+,45+,46+,47-,50+,51+/m1/s1. The van der Waals surface area contributed by atoms with Crippen LogP contribution in [0.5, 0.6) is 0 Å². The first-order valence-electron chi connectivity index (χ1n) is 30.2. The molecule has 1 fully saturated rings.